The molecule has 3 N–H and O–H groups in total. The molecule has 2 heteroatoms. The number of aliphatic hydroxyl groups is 1. The standard InChI is InChI=1S/C21H33NO/c1-16(2)20(22)13-7-9-17-8-6-10-18(14-17)15-21(23)19-11-4-3-5-12-19/h6-10,14,16,19-21,23H,3-5,11-13,15,22H2,1-2H3/b9-7+. The van der Waals surface area contributed by atoms with Gasteiger partial charge in [0.15, 0.2) is 0 Å². The number of aliphatic hydroxyl groups excluding tert-OH is 1. The summed E-state index contributed by atoms with van der Waals surface area (Å²) in [4.78, 5) is 0. The maximum absolute atomic E-state index is 10.5. The molecule has 1 saturated carbocycles. The second kappa shape index (κ2) is 9.24. The number of benzene rings is 1. The molecule has 2 unspecified atom stereocenters. The first-order valence-corrected chi connectivity index (χ1v) is 9.25. The van der Waals surface area contributed by atoms with Gasteiger partial charge in [0.05, 0.1) is 6.10 Å². The van der Waals surface area contributed by atoms with Crippen LogP contribution in [0.5, 0.6) is 0 Å². The highest BCUT2D eigenvalue weighted by atomic mass is 16.3. The van der Waals surface area contributed by atoms with Gasteiger partial charge in [0.2, 0.25) is 0 Å². The average molecular weight is 316 g/mol. The van der Waals surface area contributed by atoms with Crippen molar-refractivity contribution in [2.24, 2.45) is 17.6 Å². The molecule has 2 nitrogen and oxygen atoms in total. The second-order valence-corrected chi connectivity index (χ2v) is 7.46. The molecule has 128 valence electrons. The highest BCUT2D eigenvalue weighted by Crippen LogP contribution is 2.28. The number of nitrogens with two attached hydrogens (primary N) is 1. The molecule has 1 aliphatic rings. The summed E-state index contributed by atoms with van der Waals surface area (Å²) >= 11 is 0. The van der Waals surface area contributed by atoms with Crippen LogP contribution in [0, 0.1) is 11.8 Å². The molecule has 0 saturated heterocycles. The lowest BCUT2D eigenvalue weighted by molar-refractivity contribution is 0.0851. The molecule has 0 spiro atoms. The predicted octanol–water partition coefficient (Wildman–Crippen LogP) is 4.56. The Morgan fingerprint density at radius 2 is 1.96 bits per heavy atom. The predicted molar refractivity (Wildman–Crippen MR) is 99.2 cm³/mol. The minimum absolute atomic E-state index is 0.191. The first-order chi connectivity index (χ1) is 11.1. The lowest BCUT2D eigenvalue weighted by Crippen LogP contribution is -2.25. The third kappa shape index (κ3) is 6.12. The maximum Gasteiger partial charge on any atom is 0.0608 e. The van der Waals surface area contributed by atoms with Crippen LogP contribution in [0.15, 0.2) is 30.3 Å². The van der Waals surface area contributed by atoms with E-state index < -0.39 is 0 Å². The highest BCUT2D eigenvalue weighted by Gasteiger charge is 2.21. The van der Waals surface area contributed by atoms with Gasteiger partial charge in [-0.25, -0.2) is 0 Å². The van der Waals surface area contributed by atoms with Crippen LogP contribution >= 0.6 is 0 Å². The van der Waals surface area contributed by atoms with Crippen LogP contribution in [-0.2, 0) is 6.42 Å². The largest absolute Gasteiger partial charge is 0.392 e. The van der Waals surface area contributed by atoms with Crippen LogP contribution in [0.2, 0.25) is 0 Å². The van der Waals surface area contributed by atoms with Gasteiger partial charge in [-0.05, 0) is 48.6 Å². The fraction of sp³-hybridized carbons (Fsp3) is 0.619. The Hall–Kier alpha value is -1.12. The maximum atomic E-state index is 10.5. The summed E-state index contributed by atoms with van der Waals surface area (Å²) in [7, 11) is 0. The zero-order valence-electron chi connectivity index (χ0n) is 14.7. The molecule has 0 aliphatic heterocycles. The zero-order chi connectivity index (χ0) is 16.7. The van der Waals surface area contributed by atoms with Gasteiger partial charge in [-0.2, -0.15) is 0 Å². The number of hydrogen-bond donors (Lipinski definition) is 2. The summed E-state index contributed by atoms with van der Waals surface area (Å²) in [5.74, 6) is 1.00. The monoisotopic (exact) mass is 315 g/mol. The molecule has 1 aromatic rings. The lowest BCUT2D eigenvalue weighted by Gasteiger charge is -2.26. The van der Waals surface area contributed by atoms with Crippen molar-refractivity contribution in [3.8, 4) is 0 Å². The third-order valence-corrected chi connectivity index (χ3v) is 5.16. The molecule has 2 rings (SSSR count). The van der Waals surface area contributed by atoms with Gasteiger partial charge in [-0.15, -0.1) is 0 Å². The van der Waals surface area contributed by atoms with E-state index in [2.05, 4.69) is 50.3 Å². The van der Waals surface area contributed by atoms with E-state index in [0.717, 1.165) is 12.8 Å². The molecule has 1 aromatic carbocycles. The van der Waals surface area contributed by atoms with Crippen LogP contribution in [0.4, 0.5) is 0 Å². The Labute approximate surface area is 141 Å². The van der Waals surface area contributed by atoms with Gasteiger partial charge < -0.3 is 10.8 Å². The highest BCUT2D eigenvalue weighted by molar-refractivity contribution is 5.50. The van der Waals surface area contributed by atoms with E-state index in [-0.39, 0.29) is 12.1 Å². The van der Waals surface area contributed by atoms with Crippen molar-refractivity contribution in [1.29, 1.82) is 0 Å². The minimum atomic E-state index is -0.191. The van der Waals surface area contributed by atoms with Gasteiger partial charge in [0.1, 0.15) is 0 Å². The van der Waals surface area contributed by atoms with Crippen molar-refractivity contribution in [1.82, 2.24) is 0 Å². The van der Waals surface area contributed by atoms with Gasteiger partial charge >= 0.3 is 0 Å². The normalized spacial score (nSPS) is 19.3. The molecule has 0 amide bonds. The SMILES string of the molecule is CC(C)C(N)C/C=C/c1cccc(CC(O)C2CCCCC2)c1. The molecular formula is C21H33NO. The van der Waals surface area contributed by atoms with Crippen LogP contribution in [0.3, 0.4) is 0 Å². The molecule has 1 fully saturated rings. The van der Waals surface area contributed by atoms with Crippen molar-refractivity contribution >= 4 is 6.08 Å². The fourth-order valence-electron chi connectivity index (χ4n) is 3.38. The summed E-state index contributed by atoms with van der Waals surface area (Å²) in [5, 5.41) is 10.5. The van der Waals surface area contributed by atoms with Gasteiger partial charge in [0, 0.05) is 6.04 Å². The summed E-state index contributed by atoms with van der Waals surface area (Å²) in [6.45, 7) is 4.32. The molecule has 1 aliphatic carbocycles. The molecule has 0 bridgehead atoms. The van der Waals surface area contributed by atoms with E-state index in [1.165, 1.54) is 43.2 Å². The van der Waals surface area contributed by atoms with E-state index in [1.807, 2.05) is 0 Å². The molecule has 2 atom stereocenters. The van der Waals surface area contributed by atoms with Crippen LogP contribution < -0.4 is 5.73 Å². The number of rotatable bonds is 7. The van der Waals surface area contributed by atoms with E-state index in [4.69, 9.17) is 5.73 Å². The minimum Gasteiger partial charge on any atom is -0.392 e. The van der Waals surface area contributed by atoms with Crippen molar-refractivity contribution in [3.05, 3.63) is 41.5 Å². The molecule has 0 radical (unpaired) electrons. The Balaban J connectivity index is 1.90. The average Bonchev–Trinajstić information content (AvgIpc) is 2.56. The van der Waals surface area contributed by atoms with E-state index in [9.17, 15) is 5.11 Å². The Bertz CT molecular complexity index is 488. The first kappa shape index (κ1) is 18.2. The van der Waals surface area contributed by atoms with Crippen LogP contribution in [0.25, 0.3) is 6.08 Å². The summed E-state index contributed by atoms with van der Waals surface area (Å²) in [5.41, 5.74) is 8.51. The molecule has 23 heavy (non-hydrogen) atoms. The Morgan fingerprint density at radius 1 is 1.22 bits per heavy atom. The van der Waals surface area contributed by atoms with Crippen molar-refractivity contribution in [2.45, 2.75) is 70.9 Å². The molecule has 0 heterocycles. The lowest BCUT2D eigenvalue weighted by atomic mass is 9.83. The van der Waals surface area contributed by atoms with Gasteiger partial charge in [0.25, 0.3) is 0 Å². The quantitative estimate of drug-likeness (QED) is 0.775. The third-order valence-electron chi connectivity index (χ3n) is 5.16. The topological polar surface area (TPSA) is 46.2 Å². The van der Waals surface area contributed by atoms with Crippen molar-refractivity contribution in [3.63, 3.8) is 0 Å². The van der Waals surface area contributed by atoms with Crippen LogP contribution in [0.1, 0.15) is 63.5 Å². The molecule has 0 aromatic heterocycles. The van der Waals surface area contributed by atoms with Gasteiger partial charge in [-0.3, -0.25) is 0 Å². The van der Waals surface area contributed by atoms with Crippen LogP contribution in [-0.4, -0.2) is 17.3 Å². The van der Waals surface area contributed by atoms with E-state index in [0.29, 0.717) is 11.8 Å². The summed E-state index contributed by atoms with van der Waals surface area (Å²) in [6, 6.07) is 8.76. The van der Waals surface area contributed by atoms with Crippen molar-refractivity contribution in [2.75, 3.05) is 0 Å². The Kier molecular flexibility index (Phi) is 7.32. The van der Waals surface area contributed by atoms with E-state index >= 15 is 0 Å². The molecular weight excluding hydrogens is 282 g/mol. The fourth-order valence-corrected chi connectivity index (χ4v) is 3.38. The Morgan fingerprint density at radius 3 is 2.65 bits per heavy atom. The van der Waals surface area contributed by atoms with E-state index in [1.54, 1.807) is 0 Å². The zero-order valence-corrected chi connectivity index (χ0v) is 14.7. The first-order valence-electron chi connectivity index (χ1n) is 9.25. The van der Waals surface area contributed by atoms with Gasteiger partial charge in [-0.1, -0.05) is 69.5 Å². The summed E-state index contributed by atoms with van der Waals surface area (Å²) in [6.07, 6.45) is 12.1. The smallest absolute Gasteiger partial charge is 0.0608 e. The second-order valence-electron chi connectivity index (χ2n) is 7.46. The van der Waals surface area contributed by atoms with Crippen molar-refractivity contribution < 1.29 is 5.11 Å². The summed E-state index contributed by atoms with van der Waals surface area (Å²) < 4.78 is 0. The number of hydrogen-bond acceptors (Lipinski definition) is 2.